The van der Waals surface area contributed by atoms with Gasteiger partial charge in [0.05, 0.1) is 9.84 Å². The van der Waals surface area contributed by atoms with E-state index in [-0.39, 0.29) is 15.3 Å². The van der Waals surface area contributed by atoms with Crippen molar-refractivity contribution in [1.29, 1.82) is 0 Å². The van der Waals surface area contributed by atoms with Gasteiger partial charge in [0, 0.05) is 5.41 Å². The summed E-state index contributed by atoms with van der Waals surface area (Å²) in [4.78, 5) is 0. The minimum absolute atomic E-state index is 0.171. The minimum Gasteiger partial charge on any atom is -0.392 e. The maximum Gasteiger partial charge on any atom is 0.0722 e. The van der Waals surface area contributed by atoms with Crippen LogP contribution in [0.4, 0.5) is 0 Å². The number of alkyl halides is 2. The fourth-order valence-electron chi connectivity index (χ4n) is 0.609. The topological polar surface area (TPSA) is 20.2 Å². The Balaban J connectivity index is 4.01. The number of hydrogen-bond donors (Lipinski definition) is 1. The molecule has 0 bridgehead atoms. The summed E-state index contributed by atoms with van der Waals surface area (Å²) in [5.41, 5.74) is -0.209. The van der Waals surface area contributed by atoms with Crippen LogP contribution in [0.3, 0.4) is 0 Å². The third kappa shape index (κ3) is 4.28. The van der Waals surface area contributed by atoms with Crippen molar-refractivity contribution in [2.24, 2.45) is 5.41 Å². The summed E-state index contributed by atoms with van der Waals surface area (Å²) in [5, 5.41) is 9.62. The molecular weight excluding hydrogens is 272 g/mol. The molecule has 0 aromatic rings. The van der Waals surface area contributed by atoms with Crippen LogP contribution in [0.5, 0.6) is 0 Å². The number of rotatable bonds is 4. The molecule has 0 spiro atoms. The molecule has 0 aliphatic heterocycles. The molecule has 0 saturated carbocycles. The zero-order valence-electron chi connectivity index (χ0n) is 6.85. The van der Waals surface area contributed by atoms with E-state index in [4.69, 9.17) is 0 Å². The lowest BCUT2D eigenvalue weighted by atomic mass is 9.85. The molecular formula is C8H14Br2O. The first kappa shape index (κ1) is 11.7. The van der Waals surface area contributed by atoms with Gasteiger partial charge in [-0.3, -0.25) is 0 Å². The summed E-state index contributed by atoms with van der Waals surface area (Å²) in [6, 6.07) is 0. The average Bonchev–Trinajstić information content (AvgIpc) is 1.86. The van der Waals surface area contributed by atoms with Crippen LogP contribution in [-0.4, -0.2) is 14.9 Å². The van der Waals surface area contributed by atoms with E-state index in [1.165, 1.54) is 0 Å². The van der Waals surface area contributed by atoms with Gasteiger partial charge in [0.25, 0.3) is 0 Å². The van der Waals surface area contributed by atoms with Crippen molar-refractivity contribution in [3.05, 3.63) is 12.7 Å². The molecule has 1 unspecified atom stereocenters. The highest BCUT2D eigenvalue weighted by Gasteiger charge is 2.25. The van der Waals surface area contributed by atoms with Crippen LogP contribution >= 0.6 is 31.9 Å². The van der Waals surface area contributed by atoms with E-state index in [1.54, 1.807) is 6.08 Å². The first-order valence-corrected chi connectivity index (χ1v) is 5.33. The molecule has 0 fully saturated rings. The summed E-state index contributed by atoms with van der Waals surface area (Å²) in [7, 11) is 0. The molecule has 1 N–H and O–H groups in total. The molecule has 0 heterocycles. The fourth-order valence-corrected chi connectivity index (χ4v) is 1.32. The Morgan fingerprint density at radius 2 is 2.00 bits per heavy atom. The van der Waals surface area contributed by atoms with E-state index >= 15 is 0 Å². The van der Waals surface area contributed by atoms with Gasteiger partial charge in [0.1, 0.15) is 0 Å². The van der Waals surface area contributed by atoms with Gasteiger partial charge in [0.15, 0.2) is 0 Å². The van der Waals surface area contributed by atoms with E-state index in [2.05, 4.69) is 38.4 Å². The van der Waals surface area contributed by atoms with Gasteiger partial charge < -0.3 is 5.11 Å². The molecule has 0 amide bonds. The van der Waals surface area contributed by atoms with Crippen LogP contribution in [0.1, 0.15) is 20.3 Å². The number of aliphatic hydroxyl groups is 1. The third-order valence-corrected chi connectivity index (χ3v) is 2.53. The molecule has 0 aliphatic rings. The molecule has 0 aromatic carbocycles. The third-order valence-electron chi connectivity index (χ3n) is 1.79. The van der Waals surface area contributed by atoms with Crippen LogP contribution in [0.2, 0.25) is 0 Å². The summed E-state index contributed by atoms with van der Waals surface area (Å²) in [6.45, 7) is 7.60. The van der Waals surface area contributed by atoms with Gasteiger partial charge in [-0.2, -0.15) is 0 Å². The Hall–Kier alpha value is 0.660. The van der Waals surface area contributed by atoms with Gasteiger partial charge in [-0.05, 0) is 6.42 Å². The van der Waals surface area contributed by atoms with E-state index in [0.717, 1.165) is 0 Å². The van der Waals surface area contributed by atoms with Crippen LogP contribution in [0, 0.1) is 5.41 Å². The largest absolute Gasteiger partial charge is 0.392 e. The smallest absolute Gasteiger partial charge is 0.0722 e. The lowest BCUT2D eigenvalue weighted by Gasteiger charge is -2.27. The summed E-state index contributed by atoms with van der Waals surface area (Å²) < 4.78 is 0.171. The highest BCUT2D eigenvalue weighted by molar-refractivity contribution is 9.24. The second-order valence-corrected chi connectivity index (χ2v) is 6.61. The van der Waals surface area contributed by atoms with Gasteiger partial charge in [-0.25, -0.2) is 0 Å². The summed E-state index contributed by atoms with van der Waals surface area (Å²) in [6.07, 6.45) is 2.10. The predicted octanol–water partition coefficient (Wildman–Crippen LogP) is 3.07. The number of halogens is 2. The van der Waals surface area contributed by atoms with Crippen LogP contribution in [-0.2, 0) is 0 Å². The first-order valence-electron chi connectivity index (χ1n) is 3.50. The first-order chi connectivity index (χ1) is 4.90. The van der Waals surface area contributed by atoms with Crippen LogP contribution < -0.4 is 0 Å². The maximum absolute atomic E-state index is 9.62. The van der Waals surface area contributed by atoms with Crippen molar-refractivity contribution in [2.75, 3.05) is 0 Å². The Kier molecular flexibility index (Phi) is 4.91. The molecule has 11 heavy (non-hydrogen) atoms. The Labute approximate surface area is 85.1 Å². The maximum atomic E-state index is 9.62. The van der Waals surface area contributed by atoms with Crippen molar-refractivity contribution in [2.45, 2.75) is 30.1 Å². The highest BCUT2D eigenvalue weighted by Crippen LogP contribution is 2.28. The zero-order chi connectivity index (χ0) is 9.07. The monoisotopic (exact) mass is 284 g/mol. The molecule has 1 nitrogen and oxygen atoms in total. The SMILES string of the molecule is C=CC(C)(C)C(O)CC(Br)Br. The van der Waals surface area contributed by atoms with Gasteiger partial charge >= 0.3 is 0 Å². The molecule has 0 saturated heterocycles. The average molecular weight is 286 g/mol. The Morgan fingerprint density at radius 3 is 2.27 bits per heavy atom. The van der Waals surface area contributed by atoms with Crippen LogP contribution in [0.15, 0.2) is 12.7 Å². The molecule has 3 heteroatoms. The Bertz CT molecular complexity index is 132. The number of hydrogen-bond acceptors (Lipinski definition) is 1. The summed E-state index contributed by atoms with van der Waals surface area (Å²) >= 11 is 6.64. The molecule has 0 radical (unpaired) electrons. The number of aliphatic hydroxyl groups excluding tert-OH is 1. The Morgan fingerprint density at radius 1 is 1.55 bits per heavy atom. The molecule has 0 aromatic heterocycles. The van der Waals surface area contributed by atoms with E-state index in [0.29, 0.717) is 6.42 Å². The predicted molar refractivity (Wildman–Crippen MR) is 56.2 cm³/mol. The second kappa shape index (κ2) is 4.63. The second-order valence-electron chi connectivity index (χ2n) is 3.17. The van der Waals surface area contributed by atoms with E-state index in [9.17, 15) is 5.11 Å². The quantitative estimate of drug-likeness (QED) is 0.622. The van der Waals surface area contributed by atoms with Gasteiger partial charge in [-0.15, -0.1) is 6.58 Å². The fraction of sp³-hybridized carbons (Fsp3) is 0.750. The van der Waals surface area contributed by atoms with Gasteiger partial charge in [-0.1, -0.05) is 51.8 Å². The highest BCUT2D eigenvalue weighted by atomic mass is 79.9. The molecule has 1 atom stereocenters. The van der Waals surface area contributed by atoms with Crippen molar-refractivity contribution in [3.8, 4) is 0 Å². The molecule has 66 valence electrons. The lowest BCUT2D eigenvalue weighted by molar-refractivity contribution is 0.0788. The van der Waals surface area contributed by atoms with Crippen molar-refractivity contribution < 1.29 is 5.11 Å². The molecule has 0 aliphatic carbocycles. The standard InChI is InChI=1S/C8H14Br2O/c1-4-8(2,3)6(11)5-7(9)10/h4,6-7,11H,1,5H2,2-3H3. The van der Waals surface area contributed by atoms with E-state index in [1.807, 2.05) is 13.8 Å². The van der Waals surface area contributed by atoms with Crippen molar-refractivity contribution in [3.63, 3.8) is 0 Å². The van der Waals surface area contributed by atoms with Crippen LogP contribution in [0.25, 0.3) is 0 Å². The summed E-state index contributed by atoms with van der Waals surface area (Å²) in [5.74, 6) is 0. The van der Waals surface area contributed by atoms with Crippen molar-refractivity contribution >= 4 is 31.9 Å². The zero-order valence-corrected chi connectivity index (χ0v) is 10.0. The normalized spacial score (nSPS) is 15.1. The van der Waals surface area contributed by atoms with Crippen molar-refractivity contribution in [1.82, 2.24) is 0 Å². The molecule has 0 rings (SSSR count). The lowest BCUT2D eigenvalue weighted by Crippen LogP contribution is -2.28. The van der Waals surface area contributed by atoms with Gasteiger partial charge in [0.2, 0.25) is 0 Å². The van der Waals surface area contributed by atoms with E-state index < -0.39 is 0 Å². The minimum atomic E-state index is -0.358.